The van der Waals surface area contributed by atoms with Gasteiger partial charge in [-0.2, -0.15) is 0 Å². The molecule has 0 bridgehead atoms. The summed E-state index contributed by atoms with van der Waals surface area (Å²) in [7, 11) is 1.77. The Morgan fingerprint density at radius 3 is 2.72 bits per heavy atom. The maximum absolute atomic E-state index is 5.72. The first-order valence-electron chi connectivity index (χ1n) is 6.77. The Morgan fingerprint density at radius 1 is 1.39 bits per heavy atom. The minimum absolute atomic E-state index is 0.242. The first kappa shape index (κ1) is 13.4. The summed E-state index contributed by atoms with van der Waals surface area (Å²) in [5.74, 6) is 0.852. The Bertz CT molecular complexity index is 386. The summed E-state index contributed by atoms with van der Waals surface area (Å²) in [5, 5.41) is 3.38. The van der Waals surface area contributed by atoms with Crippen LogP contribution in [0.15, 0.2) is 12.3 Å². The highest BCUT2D eigenvalue weighted by Gasteiger charge is 2.38. The van der Waals surface area contributed by atoms with Crippen LogP contribution in [0.25, 0.3) is 0 Å². The number of ether oxygens (including phenoxy) is 1. The van der Waals surface area contributed by atoms with Crippen LogP contribution in [0.3, 0.4) is 0 Å². The van der Waals surface area contributed by atoms with Gasteiger partial charge in [0.25, 0.3) is 0 Å². The fraction of sp³-hybridized carbons (Fsp3) is 0.714. The summed E-state index contributed by atoms with van der Waals surface area (Å²) >= 11 is 0. The SMILES string of the molecule is COC1(c2nccc(CNC(C)C)n2)CCCC1. The van der Waals surface area contributed by atoms with Gasteiger partial charge in [-0.25, -0.2) is 9.97 Å². The third-order valence-electron chi connectivity index (χ3n) is 3.61. The third-order valence-corrected chi connectivity index (χ3v) is 3.61. The van der Waals surface area contributed by atoms with Gasteiger partial charge in [0.15, 0.2) is 5.82 Å². The summed E-state index contributed by atoms with van der Waals surface area (Å²) in [6.45, 7) is 5.05. The first-order chi connectivity index (χ1) is 8.66. The topological polar surface area (TPSA) is 47.0 Å². The molecule has 2 rings (SSSR count). The second-order valence-corrected chi connectivity index (χ2v) is 5.31. The lowest BCUT2D eigenvalue weighted by atomic mass is 10.0. The van der Waals surface area contributed by atoms with Crippen molar-refractivity contribution in [2.45, 2.75) is 57.7 Å². The molecule has 0 aliphatic heterocycles. The normalized spacial score (nSPS) is 18.4. The molecule has 0 amide bonds. The quantitative estimate of drug-likeness (QED) is 0.870. The van der Waals surface area contributed by atoms with Gasteiger partial charge >= 0.3 is 0 Å². The molecule has 18 heavy (non-hydrogen) atoms. The summed E-state index contributed by atoms with van der Waals surface area (Å²) in [4.78, 5) is 9.10. The smallest absolute Gasteiger partial charge is 0.160 e. The zero-order valence-electron chi connectivity index (χ0n) is 11.6. The van der Waals surface area contributed by atoms with Crippen LogP contribution in [-0.2, 0) is 16.9 Å². The van der Waals surface area contributed by atoms with E-state index in [-0.39, 0.29) is 5.60 Å². The predicted octanol–water partition coefficient (Wildman–Crippen LogP) is 2.39. The predicted molar refractivity (Wildman–Crippen MR) is 71.2 cm³/mol. The minimum atomic E-state index is -0.242. The standard InChI is InChI=1S/C14H23N3O/c1-11(2)16-10-12-6-9-15-13(17-12)14(18-3)7-4-5-8-14/h6,9,11,16H,4-5,7-8,10H2,1-3H3. The summed E-state index contributed by atoms with van der Waals surface area (Å²) in [5.41, 5.74) is 0.797. The lowest BCUT2D eigenvalue weighted by Gasteiger charge is -2.25. The van der Waals surface area contributed by atoms with Crippen LogP contribution in [0.4, 0.5) is 0 Å². The van der Waals surface area contributed by atoms with Crippen molar-refractivity contribution in [1.82, 2.24) is 15.3 Å². The van der Waals surface area contributed by atoms with Crippen molar-refractivity contribution in [3.63, 3.8) is 0 Å². The number of hydrogen-bond donors (Lipinski definition) is 1. The molecule has 1 heterocycles. The van der Waals surface area contributed by atoms with E-state index in [9.17, 15) is 0 Å². The van der Waals surface area contributed by atoms with Gasteiger partial charge in [0, 0.05) is 25.9 Å². The molecule has 100 valence electrons. The van der Waals surface area contributed by atoms with Crippen molar-refractivity contribution >= 4 is 0 Å². The molecule has 4 heteroatoms. The highest BCUT2D eigenvalue weighted by atomic mass is 16.5. The van der Waals surface area contributed by atoms with Gasteiger partial charge in [-0.05, 0) is 31.7 Å². The van der Waals surface area contributed by atoms with Crippen molar-refractivity contribution in [3.05, 3.63) is 23.8 Å². The maximum atomic E-state index is 5.72. The second kappa shape index (κ2) is 5.76. The lowest BCUT2D eigenvalue weighted by Crippen LogP contribution is -2.29. The molecule has 1 aliphatic rings. The molecule has 1 fully saturated rings. The molecule has 0 radical (unpaired) electrons. The fourth-order valence-corrected chi connectivity index (χ4v) is 2.49. The first-order valence-corrected chi connectivity index (χ1v) is 6.77. The number of nitrogens with one attached hydrogen (secondary N) is 1. The van der Waals surface area contributed by atoms with Gasteiger partial charge in [-0.3, -0.25) is 0 Å². The van der Waals surface area contributed by atoms with Gasteiger partial charge in [0.1, 0.15) is 5.60 Å². The van der Waals surface area contributed by atoms with E-state index in [4.69, 9.17) is 4.74 Å². The van der Waals surface area contributed by atoms with Crippen molar-refractivity contribution < 1.29 is 4.74 Å². The fourth-order valence-electron chi connectivity index (χ4n) is 2.49. The van der Waals surface area contributed by atoms with Gasteiger partial charge in [-0.1, -0.05) is 13.8 Å². The number of aromatic nitrogens is 2. The minimum Gasteiger partial charge on any atom is -0.370 e. The summed E-state index contributed by atoms with van der Waals surface area (Å²) in [6.07, 6.45) is 6.31. The van der Waals surface area contributed by atoms with Crippen LogP contribution < -0.4 is 5.32 Å². The number of nitrogens with zero attached hydrogens (tertiary/aromatic N) is 2. The van der Waals surface area contributed by atoms with Gasteiger partial charge in [-0.15, -0.1) is 0 Å². The average Bonchev–Trinajstić information content (AvgIpc) is 2.87. The zero-order chi connectivity index (χ0) is 13.0. The molecule has 1 saturated carbocycles. The van der Waals surface area contributed by atoms with Crippen LogP contribution in [0, 0.1) is 0 Å². The van der Waals surface area contributed by atoms with Crippen LogP contribution in [0.2, 0.25) is 0 Å². The molecule has 1 aliphatic carbocycles. The molecule has 1 N–H and O–H groups in total. The van der Waals surface area contributed by atoms with Crippen molar-refractivity contribution in [3.8, 4) is 0 Å². The number of hydrogen-bond acceptors (Lipinski definition) is 4. The molecule has 0 aromatic carbocycles. The molecule has 0 saturated heterocycles. The van der Waals surface area contributed by atoms with Gasteiger partial charge in [0.2, 0.25) is 0 Å². The van der Waals surface area contributed by atoms with E-state index in [1.807, 2.05) is 12.3 Å². The van der Waals surface area contributed by atoms with Gasteiger partial charge < -0.3 is 10.1 Å². The van der Waals surface area contributed by atoms with E-state index in [0.29, 0.717) is 6.04 Å². The lowest BCUT2D eigenvalue weighted by molar-refractivity contribution is -0.0165. The summed E-state index contributed by atoms with van der Waals surface area (Å²) < 4.78 is 5.72. The third kappa shape index (κ3) is 2.87. The molecule has 0 unspecified atom stereocenters. The van der Waals surface area contributed by atoms with Gasteiger partial charge in [0.05, 0.1) is 5.69 Å². The number of methoxy groups -OCH3 is 1. The largest absolute Gasteiger partial charge is 0.370 e. The highest BCUT2D eigenvalue weighted by Crippen LogP contribution is 2.39. The Balaban J connectivity index is 2.15. The zero-order valence-corrected chi connectivity index (χ0v) is 11.6. The van der Waals surface area contributed by atoms with E-state index >= 15 is 0 Å². The van der Waals surface area contributed by atoms with E-state index < -0.39 is 0 Å². The maximum Gasteiger partial charge on any atom is 0.160 e. The van der Waals surface area contributed by atoms with Crippen molar-refractivity contribution in [2.75, 3.05) is 7.11 Å². The van der Waals surface area contributed by atoms with Crippen molar-refractivity contribution in [1.29, 1.82) is 0 Å². The van der Waals surface area contributed by atoms with E-state index in [1.54, 1.807) is 7.11 Å². The van der Waals surface area contributed by atoms with Crippen LogP contribution >= 0.6 is 0 Å². The molecule has 0 atom stereocenters. The molecule has 0 spiro atoms. The van der Waals surface area contributed by atoms with E-state index in [1.165, 1.54) is 12.8 Å². The van der Waals surface area contributed by atoms with E-state index in [0.717, 1.165) is 30.9 Å². The molecular formula is C14H23N3O. The van der Waals surface area contributed by atoms with Crippen LogP contribution in [0.1, 0.15) is 51.0 Å². The monoisotopic (exact) mass is 249 g/mol. The Hall–Kier alpha value is -1.00. The summed E-state index contributed by atoms with van der Waals surface area (Å²) in [6, 6.07) is 2.43. The second-order valence-electron chi connectivity index (χ2n) is 5.31. The molecule has 1 aromatic rings. The van der Waals surface area contributed by atoms with Crippen LogP contribution in [-0.4, -0.2) is 23.1 Å². The van der Waals surface area contributed by atoms with Crippen molar-refractivity contribution in [2.24, 2.45) is 0 Å². The highest BCUT2D eigenvalue weighted by molar-refractivity contribution is 5.10. The Kier molecular flexibility index (Phi) is 4.30. The van der Waals surface area contributed by atoms with Crippen LogP contribution in [0.5, 0.6) is 0 Å². The average molecular weight is 249 g/mol. The Morgan fingerprint density at radius 2 is 2.11 bits per heavy atom. The molecule has 4 nitrogen and oxygen atoms in total. The molecule has 1 aromatic heterocycles. The Labute approximate surface area is 109 Å². The molecular weight excluding hydrogens is 226 g/mol. The number of rotatable bonds is 5. The van der Waals surface area contributed by atoms with E-state index in [2.05, 4.69) is 29.1 Å².